The monoisotopic (exact) mass is 1070 g/mol. The molecule has 0 heterocycles. The van der Waals surface area contributed by atoms with E-state index in [0.717, 1.165) is 44.9 Å². The summed E-state index contributed by atoms with van der Waals surface area (Å²) < 4.78 is 5.50. The maximum atomic E-state index is 12.4. The van der Waals surface area contributed by atoms with Crippen molar-refractivity contribution < 1.29 is 24.5 Å². The van der Waals surface area contributed by atoms with Crippen molar-refractivity contribution in [3.63, 3.8) is 0 Å². The molecule has 0 saturated heterocycles. The molecule has 0 aromatic heterocycles. The zero-order valence-corrected chi connectivity index (χ0v) is 51.3. The van der Waals surface area contributed by atoms with Crippen LogP contribution in [0.1, 0.15) is 373 Å². The summed E-state index contributed by atoms with van der Waals surface area (Å²) in [5, 5.41) is 23.1. The fourth-order valence-electron chi connectivity index (χ4n) is 10.6. The van der Waals surface area contributed by atoms with E-state index in [0.29, 0.717) is 19.4 Å². The standard InChI is InChI=1S/C70H133NO5/c1-3-5-7-9-11-13-15-17-18-19-34-37-40-44-48-52-56-60-64-70(75)76-65-61-57-53-49-45-41-38-35-32-30-28-26-24-22-20-21-23-25-27-29-31-33-36-39-43-47-51-55-59-63-69(74)71-67(66-72)68(73)62-58-54-50-46-42-16-14-12-10-8-6-4-2/h18-20,22,58,62,67-68,72-73H,3-17,21,23-57,59-61,63-66H2,1-2H3,(H,71,74)/b19-18-,22-20-,62-58+. The lowest BCUT2D eigenvalue weighted by Gasteiger charge is -2.20. The summed E-state index contributed by atoms with van der Waals surface area (Å²) in [5.74, 6) is -0.0533. The highest BCUT2D eigenvalue weighted by atomic mass is 16.5. The number of carbonyl (C=O) groups excluding carboxylic acids is 2. The van der Waals surface area contributed by atoms with Gasteiger partial charge in [-0.05, 0) is 83.5 Å². The number of unbranched alkanes of at least 4 members (excludes halogenated alkanes) is 49. The van der Waals surface area contributed by atoms with E-state index in [2.05, 4.69) is 43.5 Å². The molecule has 3 N–H and O–H groups in total. The molecule has 0 aliphatic carbocycles. The molecule has 448 valence electrons. The summed E-state index contributed by atoms with van der Waals surface area (Å²) in [6.07, 6.45) is 83.6. The van der Waals surface area contributed by atoms with Crippen LogP contribution in [0.15, 0.2) is 36.5 Å². The van der Waals surface area contributed by atoms with Crippen LogP contribution in [0.5, 0.6) is 0 Å². The van der Waals surface area contributed by atoms with Crippen molar-refractivity contribution in [1.29, 1.82) is 0 Å². The molecule has 2 atom stereocenters. The van der Waals surface area contributed by atoms with Crippen LogP contribution >= 0.6 is 0 Å². The van der Waals surface area contributed by atoms with Gasteiger partial charge in [-0.3, -0.25) is 9.59 Å². The van der Waals surface area contributed by atoms with Gasteiger partial charge in [-0.1, -0.05) is 314 Å². The molecule has 0 fully saturated rings. The van der Waals surface area contributed by atoms with Gasteiger partial charge in [0.05, 0.1) is 25.4 Å². The fourth-order valence-corrected chi connectivity index (χ4v) is 10.6. The van der Waals surface area contributed by atoms with Crippen LogP contribution in [0, 0.1) is 0 Å². The second-order valence-corrected chi connectivity index (χ2v) is 23.5. The first-order chi connectivity index (χ1) is 37.5. The van der Waals surface area contributed by atoms with Crippen LogP contribution in [0.4, 0.5) is 0 Å². The SMILES string of the molecule is CCCCCCCCC/C=C\CCCCCCCCCC(=O)OCCCCCCCCCCCCCC/C=C\CCCCCCCCCCCCCCCC(=O)NC(CO)C(O)/C=C/CCCCCCCCCCCC. The molecule has 76 heavy (non-hydrogen) atoms. The first kappa shape index (κ1) is 74.1. The zero-order valence-electron chi connectivity index (χ0n) is 51.3. The van der Waals surface area contributed by atoms with Gasteiger partial charge in [0.25, 0.3) is 0 Å². The minimum atomic E-state index is -0.843. The number of rotatable bonds is 64. The van der Waals surface area contributed by atoms with E-state index in [4.69, 9.17) is 4.74 Å². The average molecular weight is 1070 g/mol. The molecule has 0 rings (SSSR count). The quantitative estimate of drug-likeness (QED) is 0.0320. The van der Waals surface area contributed by atoms with Crippen LogP contribution in [-0.4, -0.2) is 47.4 Å². The van der Waals surface area contributed by atoms with Crippen molar-refractivity contribution in [2.75, 3.05) is 13.2 Å². The Bertz CT molecular complexity index is 1230. The Kier molecular flexibility index (Phi) is 63.9. The van der Waals surface area contributed by atoms with Gasteiger partial charge in [-0.2, -0.15) is 0 Å². The number of allylic oxidation sites excluding steroid dienone is 5. The first-order valence-corrected chi connectivity index (χ1v) is 34.3. The summed E-state index contributed by atoms with van der Waals surface area (Å²) in [6.45, 7) is 4.91. The lowest BCUT2D eigenvalue weighted by atomic mass is 10.0. The van der Waals surface area contributed by atoms with Crippen molar-refractivity contribution in [3.05, 3.63) is 36.5 Å². The number of hydrogen-bond acceptors (Lipinski definition) is 5. The van der Waals surface area contributed by atoms with Gasteiger partial charge in [0.1, 0.15) is 0 Å². The Morgan fingerprint density at radius 3 is 0.934 bits per heavy atom. The summed E-state index contributed by atoms with van der Waals surface area (Å²) in [4.78, 5) is 24.5. The Morgan fingerprint density at radius 2 is 0.618 bits per heavy atom. The van der Waals surface area contributed by atoms with Crippen LogP contribution in [0.25, 0.3) is 0 Å². The Labute approximate surface area is 474 Å². The topological polar surface area (TPSA) is 95.9 Å². The van der Waals surface area contributed by atoms with Gasteiger partial charge in [-0.25, -0.2) is 0 Å². The van der Waals surface area contributed by atoms with Gasteiger partial charge in [0, 0.05) is 12.8 Å². The smallest absolute Gasteiger partial charge is 0.305 e. The second-order valence-electron chi connectivity index (χ2n) is 23.5. The van der Waals surface area contributed by atoms with Crippen molar-refractivity contribution in [1.82, 2.24) is 5.32 Å². The average Bonchev–Trinajstić information content (AvgIpc) is 3.42. The third-order valence-corrected chi connectivity index (χ3v) is 15.9. The zero-order chi connectivity index (χ0) is 55.0. The van der Waals surface area contributed by atoms with E-state index in [1.165, 1.54) is 302 Å². The molecule has 0 aromatic rings. The predicted octanol–water partition coefficient (Wildman–Crippen LogP) is 21.9. The maximum absolute atomic E-state index is 12.4. The van der Waals surface area contributed by atoms with E-state index in [1.807, 2.05) is 6.08 Å². The molecule has 0 aliphatic heterocycles. The number of nitrogens with one attached hydrogen (secondary N) is 1. The first-order valence-electron chi connectivity index (χ1n) is 34.3. The van der Waals surface area contributed by atoms with E-state index < -0.39 is 12.1 Å². The lowest BCUT2D eigenvalue weighted by molar-refractivity contribution is -0.143. The molecule has 6 nitrogen and oxygen atoms in total. The number of esters is 1. The molecule has 0 saturated carbocycles. The number of carbonyl (C=O) groups is 2. The van der Waals surface area contributed by atoms with E-state index in [1.54, 1.807) is 6.08 Å². The van der Waals surface area contributed by atoms with E-state index in [9.17, 15) is 19.8 Å². The highest BCUT2D eigenvalue weighted by molar-refractivity contribution is 5.76. The highest BCUT2D eigenvalue weighted by Crippen LogP contribution is 2.18. The third kappa shape index (κ3) is 61.3. The fraction of sp³-hybridized carbons (Fsp3) is 0.886. The predicted molar refractivity (Wildman–Crippen MR) is 333 cm³/mol. The van der Waals surface area contributed by atoms with Gasteiger partial charge < -0.3 is 20.3 Å². The number of hydrogen-bond donors (Lipinski definition) is 3. The van der Waals surface area contributed by atoms with Gasteiger partial charge in [-0.15, -0.1) is 0 Å². The minimum Gasteiger partial charge on any atom is -0.466 e. The van der Waals surface area contributed by atoms with E-state index in [-0.39, 0.29) is 18.5 Å². The third-order valence-electron chi connectivity index (χ3n) is 15.9. The van der Waals surface area contributed by atoms with Crippen LogP contribution in [0.2, 0.25) is 0 Å². The summed E-state index contributed by atoms with van der Waals surface area (Å²) >= 11 is 0. The molecule has 1 amide bonds. The van der Waals surface area contributed by atoms with Crippen molar-refractivity contribution in [2.45, 2.75) is 386 Å². The molecular formula is C70H133NO5. The Balaban J connectivity index is 3.36. The van der Waals surface area contributed by atoms with Gasteiger partial charge >= 0.3 is 5.97 Å². The Hall–Kier alpha value is -1.92. The molecule has 0 aromatic carbocycles. The van der Waals surface area contributed by atoms with Crippen molar-refractivity contribution in [3.8, 4) is 0 Å². The molecule has 0 spiro atoms. The van der Waals surface area contributed by atoms with Crippen LogP contribution < -0.4 is 5.32 Å². The van der Waals surface area contributed by atoms with Gasteiger partial charge in [0.2, 0.25) is 5.91 Å². The second kappa shape index (κ2) is 65.6. The molecule has 0 aliphatic rings. The number of ether oxygens (including phenoxy) is 1. The van der Waals surface area contributed by atoms with Crippen molar-refractivity contribution in [2.24, 2.45) is 0 Å². The Morgan fingerprint density at radius 1 is 0.355 bits per heavy atom. The van der Waals surface area contributed by atoms with Crippen LogP contribution in [-0.2, 0) is 14.3 Å². The number of aliphatic hydroxyl groups is 2. The largest absolute Gasteiger partial charge is 0.466 e. The summed E-state index contributed by atoms with van der Waals surface area (Å²) in [5.41, 5.74) is 0. The lowest BCUT2D eigenvalue weighted by Crippen LogP contribution is -2.45. The molecule has 2 unspecified atom stereocenters. The van der Waals surface area contributed by atoms with Gasteiger partial charge in [0.15, 0.2) is 0 Å². The molecule has 0 bridgehead atoms. The maximum Gasteiger partial charge on any atom is 0.305 e. The number of aliphatic hydroxyl groups excluding tert-OH is 2. The minimum absolute atomic E-state index is 0.0135. The molecule has 6 heteroatoms. The highest BCUT2D eigenvalue weighted by Gasteiger charge is 2.18. The molecule has 0 radical (unpaired) electrons. The van der Waals surface area contributed by atoms with E-state index >= 15 is 0 Å². The summed E-state index contributed by atoms with van der Waals surface area (Å²) in [7, 11) is 0. The number of amides is 1. The van der Waals surface area contributed by atoms with Crippen LogP contribution in [0.3, 0.4) is 0 Å². The molecular weight excluding hydrogens is 935 g/mol. The normalized spacial score (nSPS) is 12.7. The summed E-state index contributed by atoms with van der Waals surface area (Å²) in [6, 6.07) is -0.626. The van der Waals surface area contributed by atoms with Crippen molar-refractivity contribution >= 4 is 11.9 Å².